The number of aromatic nitrogens is 1. The minimum atomic E-state index is -3.09. The number of nitrogens with one attached hydrogen (secondary N) is 2. The summed E-state index contributed by atoms with van der Waals surface area (Å²) in [5.41, 5.74) is -0.0157. The van der Waals surface area contributed by atoms with Gasteiger partial charge in [0.25, 0.3) is 5.56 Å². The van der Waals surface area contributed by atoms with Crippen molar-refractivity contribution in [2.45, 2.75) is 13.0 Å². The van der Waals surface area contributed by atoms with Crippen molar-refractivity contribution in [3.63, 3.8) is 0 Å². The van der Waals surface area contributed by atoms with Crippen LogP contribution in [0.1, 0.15) is 6.42 Å². The van der Waals surface area contributed by atoms with Crippen molar-refractivity contribution >= 4 is 10.0 Å². The molecule has 1 aromatic heterocycles. The molecule has 7 heteroatoms. The van der Waals surface area contributed by atoms with Crippen LogP contribution in [-0.2, 0) is 16.6 Å². The number of nitrogens with zero attached hydrogens (tertiary/aromatic N) is 1. The van der Waals surface area contributed by atoms with E-state index in [4.69, 9.17) is 0 Å². The van der Waals surface area contributed by atoms with Crippen molar-refractivity contribution in [3.05, 3.63) is 34.7 Å². The maximum atomic E-state index is 11.4. The van der Waals surface area contributed by atoms with Crippen LogP contribution in [0.25, 0.3) is 0 Å². The minimum Gasteiger partial charge on any atom is -0.315 e. The third-order valence-electron chi connectivity index (χ3n) is 2.32. The second-order valence-electron chi connectivity index (χ2n) is 4.00. The van der Waals surface area contributed by atoms with Crippen LogP contribution >= 0.6 is 0 Å². The number of hydrogen-bond donors (Lipinski definition) is 2. The van der Waals surface area contributed by atoms with Crippen molar-refractivity contribution in [3.8, 4) is 0 Å². The molecule has 2 N–H and O–H groups in total. The van der Waals surface area contributed by atoms with Gasteiger partial charge in [0, 0.05) is 31.9 Å². The molecule has 0 aromatic carbocycles. The summed E-state index contributed by atoms with van der Waals surface area (Å²) in [4.78, 5) is 11.4. The molecule has 0 aliphatic carbocycles. The Labute approximate surface area is 107 Å². The van der Waals surface area contributed by atoms with Gasteiger partial charge in [-0.15, -0.1) is 0 Å². The fourth-order valence-electron chi connectivity index (χ4n) is 1.44. The molecule has 0 aliphatic heterocycles. The van der Waals surface area contributed by atoms with Crippen LogP contribution in [-0.4, -0.2) is 38.9 Å². The average Bonchev–Trinajstić information content (AvgIpc) is 2.28. The van der Waals surface area contributed by atoms with Gasteiger partial charge in [0.05, 0.1) is 6.26 Å². The molecule has 0 unspecified atom stereocenters. The molecule has 6 nitrogen and oxygen atoms in total. The fraction of sp³-hybridized carbons (Fsp3) is 0.545. The Hall–Kier alpha value is -1.18. The maximum absolute atomic E-state index is 11.4. The zero-order chi connectivity index (χ0) is 13.4. The van der Waals surface area contributed by atoms with Crippen LogP contribution in [0.5, 0.6) is 0 Å². The third kappa shape index (κ3) is 6.53. The predicted octanol–water partition coefficient (Wildman–Crippen LogP) is -0.623. The van der Waals surface area contributed by atoms with Gasteiger partial charge >= 0.3 is 0 Å². The largest absolute Gasteiger partial charge is 0.315 e. The van der Waals surface area contributed by atoms with Gasteiger partial charge < -0.3 is 9.88 Å². The van der Waals surface area contributed by atoms with Gasteiger partial charge in [0.15, 0.2) is 0 Å². The summed E-state index contributed by atoms with van der Waals surface area (Å²) in [5.74, 6) is 0. The lowest BCUT2D eigenvalue weighted by Crippen LogP contribution is -2.29. The van der Waals surface area contributed by atoms with E-state index in [0.29, 0.717) is 26.2 Å². The SMILES string of the molecule is CS(=O)(=O)NCCCNCCn1ccccc1=O. The molecule has 1 rings (SSSR count). The lowest BCUT2D eigenvalue weighted by Gasteiger charge is -2.07. The number of rotatable bonds is 8. The van der Waals surface area contributed by atoms with E-state index in [2.05, 4.69) is 10.0 Å². The molecular weight excluding hydrogens is 254 g/mol. The number of sulfonamides is 1. The molecule has 0 amide bonds. The fourth-order valence-corrected chi connectivity index (χ4v) is 1.96. The molecule has 0 fully saturated rings. The summed E-state index contributed by atoms with van der Waals surface area (Å²) >= 11 is 0. The number of pyridine rings is 1. The molecule has 0 radical (unpaired) electrons. The van der Waals surface area contributed by atoms with E-state index in [9.17, 15) is 13.2 Å². The highest BCUT2D eigenvalue weighted by Crippen LogP contribution is 1.82. The molecule has 18 heavy (non-hydrogen) atoms. The first kappa shape index (κ1) is 14.9. The van der Waals surface area contributed by atoms with E-state index in [0.717, 1.165) is 12.7 Å². The zero-order valence-corrected chi connectivity index (χ0v) is 11.2. The molecule has 1 heterocycles. The van der Waals surface area contributed by atoms with Gasteiger partial charge in [-0.1, -0.05) is 6.07 Å². The lowest BCUT2D eigenvalue weighted by molar-refractivity contribution is 0.561. The van der Waals surface area contributed by atoms with Crippen molar-refractivity contribution in [1.29, 1.82) is 0 Å². The zero-order valence-electron chi connectivity index (χ0n) is 10.4. The van der Waals surface area contributed by atoms with Gasteiger partial charge in [0.2, 0.25) is 10.0 Å². The van der Waals surface area contributed by atoms with Gasteiger partial charge in [-0.25, -0.2) is 13.1 Å². The summed E-state index contributed by atoms with van der Waals surface area (Å²) in [7, 11) is -3.09. The van der Waals surface area contributed by atoms with Gasteiger partial charge in [0.1, 0.15) is 0 Å². The third-order valence-corrected chi connectivity index (χ3v) is 3.05. The van der Waals surface area contributed by atoms with Crippen molar-refractivity contribution < 1.29 is 8.42 Å². The predicted molar refractivity (Wildman–Crippen MR) is 71.0 cm³/mol. The summed E-state index contributed by atoms with van der Waals surface area (Å²) in [5, 5.41) is 3.15. The molecular formula is C11H19N3O3S. The number of hydrogen-bond acceptors (Lipinski definition) is 4. The van der Waals surface area contributed by atoms with E-state index in [-0.39, 0.29) is 5.56 Å². The highest BCUT2D eigenvalue weighted by atomic mass is 32.2. The van der Waals surface area contributed by atoms with Crippen molar-refractivity contribution in [1.82, 2.24) is 14.6 Å². The van der Waals surface area contributed by atoms with Crippen LogP contribution in [0.15, 0.2) is 29.2 Å². The van der Waals surface area contributed by atoms with Crippen molar-refractivity contribution in [2.24, 2.45) is 0 Å². The van der Waals surface area contributed by atoms with E-state index >= 15 is 0 Å². The standard InChI is InChI=1S/C11H19N3O3S/c1-18(16,17)13-7-4-6-12-8-10-14-9-3-2-5-11(14)15/h2-3,5,9,12-13H,4,6-8,10H2,1H3. The molecule has 0 aliphatic rings. The van der Waals surface area contributed by atoms with E-state index in [1.54, 1.807) is 16.8 Å². The van der Waals surface area contributed by atoms with Gasteiger partial charge in [-0.3, -0.25) is 4.79 Å². The summed E-state index contributed by atoms with van der Waals surface area (Å²) in [6.07, 6.45) is 3.61. The van der Waals surface area contributed by atoms with Crippen LogP contribution < -0.4 is 15.6 Å². The summed E-state index contributed by atoms with van der Waals surface area (Å²) in [6.45, 7) is 2.43. The van der Waals surface area contributed by atoms with E-state index in [1.807, 2.05) is 6.07 Å². The Morgan fingerprint density at radius 2 is 2.00 bits per heavy atom. The molecule has 0 saturated carbocycles. The van der Waals surface area contributed by atoms with E-state index in [1.165, 1.54) is 6.07 Å². The van der Waals surface area contributed by atoms with Crippen LogP contribution in [0, 0.1) is 0 Å². The first-order valence-corrected chi connectivity index (χ1v) is 7.69. The molecule has 0 atom stereocenters. The minimum absolute atomic E-state index is 0.0157. The Balaban J connectivity index is 2.10. The smallest absolute Gasteiger partial charge is 0.250 e. The second kappa shape index (κ2) is 7.30. The topological polar surface area (TPSA) is 80.2 Å². The van der Waals surface area contributed by atoms with Crippen LogP contribution in [0.2, 0.25) is 0 Å². The summed E-state index contributed by atoms with van der Waals surface area (Å²) < 4.78 is 25.6. The second-order valence-corrected chi connectivity index (χ2v) is 5.84. The first-order valence-electron chi connectivity index (χ1n) is 5.80. The molecule has 0 saturated heterocycles. The van der Waals surface area contributed by atoms with Crippen LogP contribution in [0.3, 0.4) is 0 Å². The Morgan fingerprint density at radius 3 is 2.67 bits per heavy atom. The van der Waals surface area contributed by atoms with Gasteiger partial charge in [-0.2, -0.15) is 0 Å². The molecule has 102 valence electrons. The summed E-state index contributed by atoms with van der Waals surface area (Å²) in [6, 6.07) is 5.05. The first-order chi connectivity index (χ1) is 8.49. The van der Waals surface area contributed by atoms with Crippen molar-refractivity contribution in [2.75, 3.05) is 25.9 Å². The quantitative estimate of drug-likeness (QED) is 0.619. The normalized spacial score (nSPS) is 11.6. The average molecular weight is 273 g/mol. The Kier molecular flexibility index (Phi) is 6.03. The Bertz CT molecular complexity index is 510. The van der Waals surface area contributed by atoms with Crippen LogP contribution in [0.4, 0.5) is 0 Å². The Morgan fingerprint density at radius 1 is 1.22 bits per heavy atom. The molecule has 0 bridgehead atoms. The monoisotopic (exact) mass is 273 g/mol. The maximum Gasteiger partial charge on any atom is 0.250 e. The molecule has 1 aromatic rings. The highest BCUT2D eigenvalue weighted by Gasteiger charge is 1.98. The van der Waals surface area contributed by atoms with Gasteiger partial charge in [-0.05, 0) is 19.0 Å². The lowest BCUT2D eigenvalue weighted by atomic mass is 10.4. The molecule has 0 spiro atoms. The highest BCUT2D eigenvalue weighted by molar-refractivity contribution is 7.88. The van der Waals surface area contributed by atoms with E-state index < -0.39 is 10.0 Å².